The summed E-state index contributed by atoms with van der Waals surface area (Å²) in [6.07, 6.45) is 1.77. The average molecular weight is 220 g/mol. The van der Waals surface area contributed by atoms with Gasteiger partial charge in [0.2, 0.25) is 0 Å². The van der Waals surface area contributed by atoms with Crippen molar-refractivity contribution >= 4 is 27.5 Å². The largest absolute Gasteiger partial charge is 0.249 e. The first-order valence-corrected chi connectivity index (χ1v) is 4.24. The van der Waals surface area contributed by atoms with Crippen LogP contribution in [0, 0.1) is 6.92 Å². The molecule has 0 amide bonds. The fraction of sp³-hybridized carbons (Fsp3) is 0.286. The van der Waals surface area contributed by atoms with E-state index in [1.165, 1.54) is 0 Å². The Morgan fingerprint density at radius 3 is 2.90 bits per heavy atom. The molecule has 0 fully saturated rings. The van der Waals surface area contributed by atoms with Gasteiger partial charge in [0.1, 0.15) is 4.60 Å². The maximum atomic E-state index is 5.60. The smallest absolute Gasteiger partial charge is 0.108 e. The van der Waals surface area contributed by atoms with Crippen LogP contribution in [0.4, 0.5) is 0 Å². The van der Waals surface area contributed by atoms with Crippen LogP contribution in [-0.4, -0.2) is 4.98 Å². The summed E-state index contributed by atoms with van der Waals surface area (Å²) in [4.78, 5) is 4.08. The third kappa shape index (κ3) is 1.70. The molecule has 10 heavy (non-hydrogen) atoms. The van der Waals surface area contributed by atoms with E-state index in [4.69, 9.17) is 11.6 Å². The van der Waals surface area contributed by atoms with Crippen LogP contribution in [0.25, 0.3) is 0 Å². The third-order valence-corrected chi connectivity index (χ3v) is 2.36. The van der Waals surface area contributed by atoms with Crippen LogP contribution in [0.3, 0.4) is 0 Å². The summed E-state index contributed by atoms with van der Waals surface area (Å²) < 4.78 is 0.890. The van der Waals surface area contributed by atoms with Gasteiger partial charge in [0.15, 0.2) is 0 Å². The number of halogens is 2. The number of aryl methyl sites for hydroxylation is 1. The fourth-order valence-corrected chi connectivity index (χ4v) is 1.05. The SMILES string of the molecule is Cc1cc(CCl)cnc1Br. The Balaban J connectivity index is 3.04. The van der Waals surface area contributed by atoms with Gasteiger partial charge in [-0.3, -0.25) is 0 Å². The molecule has 1 rings (SSSR count). The van der Waals surface area contributed by atoms with Crippen LogP contribution in [0.15, 0.2) is 16.9 Å². The highest BCUT2D eigenvalue weighted by Crippen LogP contribution is 2.14. The lowest BCUT2D eigenvalue weighted by atomic mass is 10.2. The Kier molecular flexibility index (Phi) is 2.69. The zero-order valence-electron chi connectivity index (χ0n) is 5.56. The molecule has 54 valence electrons. The molecule has 0 bridgehead atoms. The molecule has 0 N–H and O–H groups in total. The Hall–Kier alpha value is -0.0800. The van der Waals surface area contributed by atoms with Gasteiger partial charge < -0.3 is 0 Å². The topological polar surface area (TPSA) is 12.9 Å². The molecule has 1 nitrogen and oxygen atoms in total. The first kappa shape index (κ1) is 8.02. The highest BCUT2D eigenvalue weighted by molar-refractivity contribution is 9.10. The Morgan fingerprint density at radius 1 is 1.70 bits per heavy atom. The quantitative estimate of drug-likeness (QED) is 0.524. The molecule has 0 spiro atoms. The fourth-order valence-electron chi connectivity index (χ4n) is 0.689. The second kappa shape index (κ2) is 3.35. The minimum absolute atomic E-state index is 0.529. The van der Waals surface area contributed by atoms with Crippen LogP contribution in [0.5, 0.6) is 0 Å². The lowest BCUT2D eigenvalue weighted by Gasteiger charge is -1.97. The Labute approximate surface area is 73.6 Å². The van der Waals surface area contributed by atoms with Crippen molar-refractivity contribution in [2.75, 3.05) is 0 Å². The molecule has 1 aromatic heterocycles. The summed E-state index contributed by atoms with van der Waals surface area (Å²) in [5.74, 6) is 0.529. The van der Waals surface area contributed by atoms with Gasteiger partial charge in [0.25, 0.3) is 0 Å². The number of hydrogen-bond donors (Lipinski definition) is 0. The van der Waals surface area contributed by atoms with Crippen LogP contribution in [-0.2, 0) is 5.88 Å². The Bertz CT molecular complexity index is 237. The van der Waals surface area contributed by atoms with Crippen molar-refractivity contribution in [3.8, 4) is 0 Å². The molecule has 0 saturated carbocycles. The van der Waals surface area contributed by atoms with Gasteiger partial charge in [-0.2, -0.15) is 0 Å². The van der Waals surface area contributed by atoms with Gasteiger partial charge >= 0.3 is 0 Å². The molecule has 0 saturated heterocycles. The third-order valence-electron chi connectivity index (χ3n) is 1.23. The molecule has 0 aliphatic carbocycles. The summed E-state index contributed by atoms with van der Waals surface area (Å²) in [7, 11) is 0. The molecule has 1 heterocycles. The molecule has 0 atom stereocenters. The van der Waals surface area contributed by atoms with Gasteiger partial charge in [-0.25, -0.2) is 4.98 Å². The van der Waals surface area contributed by atoms with Crippen molar-refractivity contribution in [2.24, 2.45) is 0 Å². The second-order valence-electron chi connectivity index (χ2n) is 2.08. The van der Waals surface area contributed by atoms with Crippen LogP contribution >= 0.6 is 27.5 Å². The van der Waals surface area contributed by atoms with Gasteiger partial charge in [0.05, 0.1) is 0 Å². The lowest BCUT2D eigenvalue weighted by Crippen LogP contribution is -1.85. The zero-order valence-corrected chi connectivity index (χ0v) is 7.91. The van der Waals surface area contributed by atoms with Crippen LogP contribution in [0.1, 0.15) is 11.1 Å². The number of nitrogens with zero attached hydrogens (tertiary/aromatic N) is 1. The van der Waals surface area contributed by atoms with E-state index in [2.05, 4.69) is 20.9 Å². The standard InChI is InChI=1S/C7H7BrClN/c1-5-2-6(3-9)4-10-7(5)8/h2,4H,3H2,1H3. The Morgan fingerprint density at radius 2 is 2.40 bits per heavy atom. The predicted molar refractivity (Wildman–Crippen MR) is 46.2 cm³/mol. The van der Waals surface area contributed by atoms with E-state index in [1.54, 1.807) is 6.20 Å². The predicted octanol–water partition coefficient (Wildman–Crippen LogP) is 2.89. The maximum absolute atomic E-state index is 5.60. The van der Waals surface area contributed by atoms with Crippen LogP contribution in [0.2, 0.25) is 0 Å². The highest BCUT2D eigenvalue weighted by Gasteiger charge is 1.95. The van der Waals surface area contributed by atoms with Gasteiger partial charge in [-0.15, -0.1) is 11.6 Å². The minimum Gasteiger partial charge on any atom is -0.249 e. The number of pyridine rings is 1. The van der Waals surface area contributed by atoms with Crippen molar-refractivity contribution < 1.29 is 0 Å². The zero-order chi connectivity index (χ0) is 7.56. The van der Waals surface area contributed by atoms with E-state index in [1.807, 2.05) is 13.0 Å². The minimum atomic E-state index is 0.529. The summed E-state index contributed by atoms with van der Waals surface area (Å²) in [5, 5.41) is 0. The highest BCUT2D eigenvalue weighted by atomic mass is 79.9. The van der Waals surface area contributed by atoms with Crippen molar-refractivity contribution in [3.05, 3.63) is 28.0 Å². The summed E-state index contributed by atoms with van der Waals surface area (Å²) >= 11 is 8.90. The monoisotopic (exact) mass is 219 g/mol. The molecule has 0 aliphatic rings. The molecule has 0 aliphatic heterocycles. The first-order chi connectivity index (χ1) is 4.74. The summed E-state index contributed by atoms with van der Waals surface area (Å²) in [5.41, 5.74) is 2.18. The van der Waals surface area contributed by atoms with Gasteiger partial charge in [-0.1, -0.05) is 6.07 Å². The van der Waals surface area contributed by atoms with E-state index in [0.717, 1.165) is 15.7 Å². The first-order valence-electron chi connectivity index (χ1n) is 2.91. The van der Waals surface area contributed by atoms with Crippen molar-refractivity contribution in [3.63, 3.8) is 0 Å². The normalized spacial score (nSPS) is 9.90. The van der Waals surface area contributed by atoms with E-state index in [-0.39, 0.29) is 0 Å². The molecular weight excluding hydrogens is 213 g/mol. The van der Waals surface area contributed by atoms with E-state index >= 15 is 0 Å². The molecule has 0 aromatic carbocycles. The maximum Gasteiger partial charge on any atom is 0.108 e. The summed E-state index contributed by atoms with van der Waals surface area (Å²) in [6.45, 7) is 1.99. The second-order valence-corrected chi connectivity index (χ2v) is 3.10. The van der Waals surface area contributed by atoms with E-state index in [0.29, 0.717) is 5.88 Å². The molecule has 3 heteroatoms. The van der Waals surface area contributed by atoms with E-state index in [9.17, 15) is 0 Å². The molecular formula is C7H7BrClN. The number of aromatic nitrogens is 1. The van der Waals surface area contributed by atoms with Crippen molar-refractivity contribution in [2.45, 2.75) is 12.8 Å². The van der Waals surface area contributed by atoms with Crippen molar-refractivity contribution in [1.29, 1.82) is 0 Å². The van der Waals surface area contributed by atoms with E-state index < -0.39 is 0 Å². The summed E-state index contributed by atoms with van der Waals surface area (Å²) in [6, 6.07) is 2.02. The van der Waals surface area contributed by atoms with Crippen molar-refractivity contribution in [1.82, 2.24) is 4.98 Å². The molecule has 0 unspecified atom stereocenters. The van der Waals surface area contributed by atoms with Gasteiger partial charge in [-0.05, 0) is 34.0 Å². The average Bonchev–Trinajstić information content (AvgIpc) is 1.95. The number of rotatable bonds is 1. The van der Waals surface area contributed by atoms with Gasteiger partial charge in [0, 0.05) is 12.1 Å². The molecule has 0 radical (unpaired) electrons. The number of alkyl halides is 1. The lowest BCUT2D eigenvalue weighted by molar-refractivity contribution is 1.17. The number of hydrogen-bond acceptors (Lipinski definition) is 1. The van der Waals surface area contributed by atoms with Crippen LogP contribution < -0.4 is 0 Å². The molecule has 1 aromatic rings.